The van der Waals surface area contributed by atoms with Crippen molar-refractivity contribution >= 4 is 11.5 Å². The number of nitrogens with zero attached hydrogens (tertiary/aromatic N) is 6. The highest BCUT2D eigenvalue weighted by Gasteiger charge is 2.23. The summed E-state index contributed by atoms with van der Waals surface area (Å²) in [5.74, 6) is 5.02. The fourth-order valence-corrected chi connectivity index (χ4v) is 1.13. The second-order valence-corrected chi connectivity index (χ2v) is 2.64. The summed E-state index contributed by atoms with van der Waals surface area (Å²) in [5.41, 5.74) is 1.76. The summed E-state index contributed by atoms with van der Waals surface area (Å²) in [7, 11) is 0. The molecule has 0 atom stereocenters. The van der Waals surface area contributed by atoms with E-state index >= 15 is 0 Å². The second-order valence-electron chi connectivity index (χ2n) is 2.64. The van der Waals surface area contributed by atoms with E-state index in [9.17, 15) is 10.1 Å². The molecule has 0 radical (unpaired) electrons. The molecule has 0 aromatic carbocycles. The van der Waals surface area contributed by atoms with E-state index in [0.717, 1.165) is 11.0 Å². The van der Waals surface area contributed by atoms with Crippen LogP contribution in [0, 0.1) is 10.1 Å². The van der Waals surface area contributed by atoms with Gasteiger partial charge >= 0.3 is 5.69 Å². The fourth-order valence-electron chi connectivity index (χ4n) is 1.13. The van der Waals surface area contributed by atoms with Crippen molar-refractivity contribution in [3.05, 3.63) is 29.1 Å². The van der Waals surface area contributed by atoms with Crippen molar-refractivity contribution < 1.29 is 4.92 Å². The third kappa shape index (κ3) is 1.52. The Balaban J connectivity index is 2.65. The van der Waals surface area contributed by atoms with E-state index in [4.69, 9.17) is 5.84 Å². The number of nitrogens with one attached hydrogen (secondary N) is 1. The predicted octanol–water partition coefficient (Wildman–Crippen LogP) is -0.749. The molecule has 0 aliphatic carbocycles. The number of nitro groups is 1. The van der Waals surface area contributed by atoms with Gasteiger partial charge in [-0.1, -0.05) is 0 Å². The lowest BCUT2D eigenvalue weighted by Crippen LogP contribution is -2.14. The molecule has 2 aromatic rings. The van der Waals surface area contributed by atoms with E-state index in [1.165, 1.54) is 12.7 Å². The monoisotopic (exact) mass is 222 g/mol. The molecule has 0 aliphatic rings. The van der Waals surface area contributed by atoms with Gasteiger partial charge in [0, 0.05) is 0 Å². The van der Waals surface area contributed by atoms with Crippen LogP contribution >= 0.6 is 0 Å². The van der Waals surface area contributed by atoms with Crippen LogP contribution in [0.25, 0.3) is 5.82 Å². The third-order valence-electron chi connectivity index (χ3n) is 1.76. The van der Waals surface area contributed by atoms with Crippen LogP contribution in [-0.2, 0) is 0 Å². The Morgan fingerprint density at radius 1 is 1.44 bits per heavy atom. The van der Waals surface area contributed by atoms with E-state index in [-0.39, 0.29) is 17.3 Å². The zero-order valence-corrected chi connectivity index (χ0v) is 7.81. The van der Waals surface area contributed by atoms with Gasteiger partial charge in [0.05, 0.1) is 4.92 Å². The molecule has 2 aromatic heterocycles. The van der Waals surface area contributed by atoms with Gasteiger partial charge in [-0.3, -0.25) is 10.1 Å². The van der Waals surface area contributed by atoms with Gasteiger partial charge in [-0.15, -0.1) is 0 Å². The second kappa shape index (κ2) is 3.86. The number of rotatable bonds is 3. The quantitative estimate of drug-likeness (QED) is 0.393. The van der Waals surface area contributed by atoms with Gasteiger partial charge in [-0.25, -0.2) is 20.8 Å². The highest BCUT2D eigenvalue weighted by Crippen LogP contribution is 2.25. The molecule has 0 bridgehead atoms. The highest BCUT2D eigenvalue weighted by atomic mass is 16.6. The van der Waals surface area contributed by atoms with Crippen LogP contribution in [0.15, 0.2) is 19.0 Å². The van der Waals surface area contributed by atoms with E-state index in [1.807, 2.05) is 0 Å². The number of hydrogen-bond donors (Lipinski definition) is 2. The number of anilines is 1. The normalized spacial score (nSPS) is 10.1. The van der Waals surface area contributed by atoms with Crippen molar-refractivity contribution in [1.29, 1.82) is 0 Å². The maximum atomic E-state index is 10.9. The molecule has 0 spiro atoms. The number of aromatic nitrogens is 5. The number of hydrazine groups is 1. The molecule has 0 saturated heterocycles. The van der Waals surface area contributed by atoms with Gasteiger partial charge in [-0.05, 0) is 0 Å². The Kier molecular flexibility index (Phi) is 2.39. The minimum Gasteiger partial charge on any atom is -0.303 e. The molecule has 2 heterocycles. The maximum Gasteiger partial charge on any atom is 0.357 e. The van der Waals surface area contributed by atoms with Gasteiger partial charge in [0.25, 0.3) is 0 Å². The summed E-state index contributed by atoms with van der Waals surface area (Å²) in [6, 6.07) is 0. The summed E-state index contributed by atoms with van der Waals surface area (Å²) in [4.78, 5) is 21.3. The van der Waals surface area contributed by atoms with Gasteiger partial charge in [0.15, 0.2) is 0 Å². The molecule has 16 heavy (non-hydrogen) atoms. The number of hydrogen-bond acceptors (Lipinski definition) is 8. The lowest BCUT2D eigenvalue weighted by molar-refractivity contribution is -0.384. The molecule has 0 aliphatic heterocycles. The van der Waals surface area contributed by atoms with Crippen molar-refractivity contribution in [1.82, 2.24) is 24.7 Å². The Bertz CT molecular complexity index is 509. The number of nitrogen functional groups attached to an aromatic ring is 1. The highest BCUT2D eigenvalue weighted by molar-refractivity contribution is 5.62. The summed E-state index contributed by atoms with van der Waals surface area (Å²) in [5, 5.41) is 14.6. The molecule has 10 heteroatoms. The van der Waals surface area contributed by atoms with E-state index in [2.05, 4.69) is 25.5 Å². The Labute approximate surface area is 88.3 Å². The maximum absolute atomic E-state index is 10.9. The average molecular weight is 222 g/mol. The van der Waals surface area contributed by atoms with Crippen LogP contribution < -0.4 is 11.3 Å². The van der Waals surface area contributed by atoms with Gasteiger partial charge in [0.1, 0.15) is 19.0 Å². The lowest BCUT2D eigenvalue weighted by atomic mass is 10.4. The minimum atomic E-state index is -0.647. The van der Waals surface area contributed by atoms with Crippen molar-refractivity contribution in [2.45, 2.75) is 0 Å². The predicted molar refractivity (Wildman–Crippen MR) is 51.4 cm³/mol. The Morgan fingerprint density at radius 3 is 2.81 bits per heavy atom. The van der Waals surface area contributed by atoms with Crippen LogP contribution in [0.3, 0.4) is 0 Å². The van der Waals surface area contributed by atoms with Crippen molar-refractivity contribution in [2.24, 2.45) is 5.84 Å². The lowest BCUT2D eigenvalue weighted by Gasteiger charge is -2.04. The molecule has 0 unspecified atom stereocenters. The Morgan fingerprint density at radius 2 is 2.25 bits per heavy atom. The smallest absolute Gasteiger partial charge is 0.303 e. The van der Waals surface area contributed by atoms with E-state index < -0.39 is 4.92 Å². The molecular weight excluding hydrogens is 216 g/mol. The first-order valence-electron chi connectivity index (χ1n) is 4.05. The van der Waals surface area contributed by atoms with Crippen molar-refractivity contribution in [3.63, 3.8) is 0 Å². The topological polar surface area (TPSA) is 138 Å². The van der Waals surface area contributed by atoms with Crippen LogP contribution in [0.4, 0.5) is 11.5 Å². The van der Waals surface area contributed by atoms with Gasteiger partial charge in [0.2, 0.25) is 11.6 Å². The first kappa shape index (κ1) is 9.92. The third-order valence-corrected chi connectivity index (χ3v) is 1.76. The first-order valence-corrected chi connectivity index (χ1v) is 4.05. The fraction of sp³-hybridized carbons (Fsp3) is 0. The summed E-state index contributed by atoms with van der Waals surface area (Å²) in [6.07, 6.45) is 3.66. The number of nitrogens with two attached hydrogens (primary N) is 1. The molecule has 0 amide bonds. The van der Waals surface area contributed by atoms with E-state index in [0.29, 0.717) is 0 Å². The summed E-state index contributed by atoms with van der Waals surface area (Å²) < 4.78 is 1.15. The molecular formula is C6H6N8O2. The van der Waals surface area contributed by atoms with Crippen LogP contribution in [0.5, 0.6) is 0 Å². The van der Waals surface area contributed by atoms with Gasteiger partial charge < -0.3 is 5.43 Å². The molecule has 2 rings (SSSR count). The summed E-state index contributed by atoms with van der Waals surface area (Å²) >= 11 is 0. The standard InChI is InChI=1S/C6H6N8O2/c7-12-5-4(14(15)16)6(10-2-9-5)13-3-8-1-11-13/h1-3H,7H2,(H,9,10,12). The molecule has 3 N–H and O–H groups in total. The van der Waals surface area contributed by atoms with Crippen LogP contribution in [-0.4, -0.2) is 29.7 Å². The molecule has 0 saturated carbocycles. The van der Waals surface area contributed by atoms with Crippen molar-refractivity contribution in [2.75, 3.05) is 5.43 Å². The Hall–Kier alpha value is -2.62. The zero-order valence-electron chi connectivity index (χ0n) is 7.81. The zero-order chi connectivity index (χ0) is 11.5. The summed E-state index contributed by atoms with van der Waals surface area (Å²) in [6.45, 7) is 0. The minimum absolute atomic E-state index is 0.00884. The molecule has 10 nitrogen and oxygen atoms in total. The van der Waals surface area contributed by atoms with E-state index in [1.54, 1.807) is 0 Å². The van der Waals surface area contributed by atoms with Gasteiger partial charge in [-0.2, -0.15) is 9.78 Å². The SMILES string of the molecule is NNc1ncnc(-n2cncn2)c1[N+](=O)[O-]. The van der Waals surface area contributed by atoms with Crippen LogP contribution in [0.2, 0.25) is 0 Å². The first-order chi connectivity index (χ1) is 7.74. The molecule has 0 fully saturated rings. The van der Waals surface area contributed by atoms with Crippen LogP contribution in [0.1, 0.15) is 0 Å². The van der Waals surface area contributed by atoms with Crippen molar-refractivity contribution in [3.8, 4) is 5.82 Å². The molecule has 82 valence electrons. The average Bonchev–Trinajstić information content (AvgIpc) is 2.81. The largest absolute Gasteiger partial charge is 0.357 e.